The van der Waals surface area contributed by atoms with Gasteiger partial charge in [0, 0.05) is 42.2 Å². The van der Waals surface area contributed by atoms with E-state index in [1.807, 2.05) is 56.3 Å². The van der Waals surface area contributed by atoms with Crippen molar-refractivity contribution in [3.63, 3.8) is 0 Å². The Morgan fingerprint density at radius 1 is 1.04 bits per heavy atom. The van der Waals surface area contributed by atoms with Crippen molar-refractivity contribution >= 4 is 28.7 Å². The number of ether oxygens (including phenoxy) is 3. The minimum absolute atomic E-state index is 0.0776. The number of carbonyl (C=O) groups excluding carboxylic acids is 3. The van der Waals surface area contributed by atoms with E-state index in [4.69, 9.17) is 24.2 Å². The summed E-state index contributed by atoms with van der Waals surface area (Å²) < 4.78 is 17.8. The summed E-state index contributed by atoms with van der Waals surface area (Å²) in [5, 5.41) is 3.87. The van der Waals surface area contributed by atoms with Gasteiger partial charge in [-0.25, -0.2) is 9.78 Å². The van der Waals surface area contributed by atoms with Crippen LogP contribution in [0.2, 0.25) is 0 Å². The van der Waals surface area contributed by atoms with Gasteiger partial charge in [-0.05, 0) is 83.6 Å². The van der Waals surface area contributed by atoms with Gasteiger partial charge in [-0.2, -0.15) is 0 Å². The van der Waals surface area contributed by atoms with Crippen LogP contribution in [0, 0.1) is 31.6 Å². The third kappa shape index (κ3) is 6.42. The third-order valence-electron chi connectivity index (χ3n) is 9.84. The molecule has 0 bridgehead atoms. The summed E-state index contributed by atoms with van der Waals surface area (Å²) in [4.78, 5) is 52.5. The molecule has 2 fully saturated rings. The van der Waals surface area contributed by atoms with Crippen molar-refractivity contribution in [1.29, 1.82) is 0 Å². The van der Waals surface area contributed by atoms with Crippen LogP contribution in [0.25, 0.3) is 22.3 Å². The van der Waals surface area contributed by atoms with Gasteiger partial charge in [0.1, 0.15) is 23.1 Å². The zero-order chi connectivity index (χ0) is 33.3. The molecule has 2 saturated carbocycles. The molecule has 0 spiro atoms. The molecule has 6 rings (SSSR count). The Morgan fingerprint density at radius 3 is 2.62 bits per heavy atom. The lowest BCUT2D eigenvalue weighted by Crippen LogP contribution is -2.50. The molecule has 5 unspecified atom stereocenters. The Labute approximate surface area is 275 Å². The van der Waals surface area contributed by atoms with E-state index in [9.17, 15) is 14.4 Å². The molecule has 47 heavy (non-hydrogen) atoms. The predicted molar refractivity (Wildman–Crippen MR) is 178 cm³/mol. The van der Waals surface area contributed by atoms with E-state index in [2.05, 4.69) is 11.4 Å². The number of fused-ring (bicyclic) bond motifs is 3. The number of amides is 2. The van der Waals surface area contributed by atoms with Crippen molar-refractivity contribution < 1.29 is 28.6 Å². The molecular formula is C37H44N4O6. The van der Waals surface area contributed by atoms with Crippen LogP contribution >= 0.6 is 0 Å². The van der Waals surface area contributed by atoms with Crippen molar-refractivity contribution in [1.82, 2.24) is 20.2 Å². The number of esters is 1. The molecule has 2 aliphatic carbocycles. The fourth-order valence-corrected chi connectivity index (χ4v) is 7.13. The average Bonchev–Trinajstić information content (AvgIpc) is 3.59. The number of benzene rings is 1. The van der Waals surface area contributed by atoms with Crippen LogP contribution in [-0.4, -0.2) is 71.6 Å². The Balaban J connectivity index is 1.35. The fraction of sp³-hybridized carbons (Fsp3) is 0.486. The summed E-state index contributed by atoms with van der Waals surface area (Å²) in [6.07, 6.45) is 7.48. The smallest absolute Gasteiger partial charge is 0.332 e. The van der Waals surface area contributed by atoms with E-state index in [0.29, 0.717) is 48.7 Å². The molecule has 1 aromatic carbocycles. The number of rotatable bonds is 6. The first-order valence-electron chi connectivity index (χ1n) is 16.6. The highest BCUT2D eigenvalue weighted by molar-refractivity contribution is 5.95. The van der Waals surface area contributed by atoms with Gasteiger partial charge < -0.3 is 24.4 Å². The van der Waals surface area contributed by atoms with Gasteiger partial charge in [0.15, 0.2) is 0 Å². The van der Waals surface area contributed by atoms with Gasteiger partial charge in [-0.3, -0.25) is 14.6 Å². The van der Waals surface area contributed by atoms with Gasteiger partial charge >= 0.3 is 5.97 Å². The van der Waals surface area contributed by atoms with E-state index in [1.54, 1.807) is 26.0 Å². The zero-order valence-electron chi connectivity index (χ0n) is 27.9. The van der Waals surface area contributed by atoms with E-state index in [-0.39, 0.29) is 24.3 Å². The first-order chi connectivity index (χ1) is 22.6. The number of carbonyl (C=O) groups is 3. The average molecular weight is 641 g/mol. The monoisotopic (exact) mass is 640 g/mol. The molecule has 0 radical (unpaired) electrons. The lowest BCUT2D eigenvalue weighted by Gasteiger charge is -2.26. The molecule has 0 saturated heterocycles. The van der Waals surface area contributed by atoms with Crippen molar-refractivity contribution in [3.8, 4) is 22.9 Å². The highest BCUT2D eigenvalue weighted by atomic mass is 16.5. The number of aryl methyl sites for hydroxylation is 2. The first-order valence-corrected chi connectivity index (χ1v) is 16.6. The Bertz CT molecular complexity index is 1720. The zero-order valence-corrected chi connectivity index (χ0v) is 27.9. The van der Waals surface area contributed by atoms with E-state index < -0.39 is 29.4 Å². The number of methoxy groups -OCH3 is 1. The molecule has 1 aliphatic heterocycles. The van der Waals surface area contributed by atoms with E-state index in [0.717, 1.165) is 41.4 Å². The SMILES string of the molecule is CCOC(=O)C12CC1/C=C\CCCCN(C)C(=O)C1CC(Oc3cc(-c4cccc(C)n4)nc4c(C)c(OC)ccc34)CC1C(=O)N2. The Hall–Kier alpha value is -4.47. The van der Waals surface area contributed by atoms with Crippen LogP contribution in [0.4, 0.5) is 0 Å². The van der Waals surface area contributed by atoms with Crippen LogP contribution in [0.3, 0.4) is 0 Å². The molecule has 3 aliphatic rings. The maximum absolute atomic E-state index is 14.1. The number of nitrogens with zero attached hydrogens (tertiary/aromatic N) is 3. The molecule has 10 nitrogen and oxygen atoms in total. The second-order valence-corrected chi connectivity index (χ2v) is 13.1. The molecule has 248 valence electrons. The van der Waals surface area contributed by atoms with E-state index in [1.165, 1.54) is 0 Å². The number of hydrogen-bond acceptors (Lipinski definition) is 8. The largest absolute Gasteiger partial charge is 0.496 e. The Kier molecular flexibility index (Phi) is 9.21. The van der Waals surface area contributed by atoms with Crippen molar-refractivity contribution in [2.45, 2.75) is 70.9 Å². The highest BCUT2D eigenvalue weighted by Crippen LogP contribution is 2.47. The van der Waals surface area contributed by atoms with Crippen molar-refractivity contribution in [3.05, 3.63) is 59.8 Å². The van der Waals surface area contributed by atoms with Crippen LogP contribution < -0.4 is 14.8 Å². The molecule has 3 aromatic rings. The standard InChI is InChI=1S/C37H44N4O6/c1-6-46-36(44)37-21-24(37)13-9-7-8-10-17-41(4)35(43)28-19-25(18-27(28)34(42)40-37)47-32-20-30(29-14-11-12-22(2)38-29)39-33-23(3)31(45-5)16-15-26(32)33/h9,11-16,20,24-25,27-28H,6-8,10,17-19,21H2,1-5H3,(H,40,42)/b13-9-. The second-order valence-electron chi connectivity index (χ2n) is 13.1. The summed E-state index contributed by atoms with van der Waals surface area (Å²) in [5.41, 5.74) is 2.74. The maximum Gasteiger partial charge on any atom is 0.332 e. The third-order valence-corrected chi connectivity index (χ3v) is 9.84. The molecule has 10 heteroatoms. The van der Waals surface area contributed by atoms with Crippen LogP contribution in [-0.2, 0) is 19.1 Å². The minimum Gasteiger partial charge on any atom is -0.496 e. The lowest BCUT2D eigenvalue weighted by atomic mass is 9.93. The number of pyridine rings is 2. The quantitative estimate of drug-likeness (QED) is 0.284. The van der Waals surface area contributed by atoms with Gasteiger partial charge in [-0.1, -0.05) is 18.2 Å². The maximum atomic E-state index is 14.1. The summed E-state index contributed by atoms with van der Waals surface area (Å²) in [6, 6.07) is 11.5. The summed E-state index contributed by atoms with van der Waals surface area (Å²) in [6.45, 7) is 6.50. The summed E-state index contributed by atoms with van der Waals surface area (Å²) in [7, 11) is 3.43. The number of nitrogens with one attached hydrogen (secondary N) is 1. The number of hydrogen-bond donors (Lipinski definition) is 1. The molecule has 2 aromatic heterocycles. The lowest BCUT2D eigenvalue weighted by molar-refractivity contribution is -0.150. The molecule has 1 N–H and O–H groups in total. The van der Waals surface area contributed by atoms with Crippen LogP contribution in [0.1, 0.15) is 56.7 Å². The summed E-state index contributed by atoms with van der Waals surface area (Å²) >= 11 is 0. The van der Waals surface area contributed by atoms with Crippen molar-refractivity contribution in [2.24, 2.45) is 17.8 Å². The molecular weight excluding hydrogens is 596 g/mol. The fourth-order valence-electron chi connectivity index (χ4n) is 7.13. The minimum atomic E-state index is -1.10. The van der Waals surface area contributed by atoms with Crippen LogP contribution in [0.15, 0.2) is 48.6 Å². The normalized spacial score (nSPS) is 26.9. The second kappa shape index (κ2) is 13.3. The first kappa shape index (κ1) is 32.5. The molecule has 3 heterocycles. The number of aromatic nitrogens is 2. The van der Waals surface area contributed by atoms with Gasteiger partial charge in [-0.15, -0.1) is 0 Å². The van der Waals surface area contributed by atoms with Crippen LogP contribution in [0.5, 0.6) is 11.5 Å². The molecule has 2 amide bonds. The summed E-state index contributed by atoms with van der Waals surface area (Å²) in [5.74, 6) is -0.881. The number of allylic oxidation sites excluding steroid dienone is 1. The van der Waals surface area contributed by atoms with Gasteiger partial charge in [0.2, 0.25) is 11.8 Å². The van der Waals surface area contributed by atoms with Crippen molar-refractivity contribution in [2.75, 3.05) is 27.3 Å². The van der Waals surface area contributed by atoms with Gasteiger partial charge in [0.05, 0.1) is 42.5 Å². The van der Waals surface area contributed by atoms with E-state index >= 15 is 0 Å². The van der Waals surface area contributed by atoms with Gasteiger partial charge in [0.25, 0.3) is 0 Å². The molecule has 5 atom stereocenters. The highest BCUT2D eigenvalue weighted by Gasteiger charge is 2.62. The Morgan fingerprint density at radius 2 is 1.85 bits per heavy atom. The topological polar surface area (TPSA) is 120 Å². The predicted octanol–water partition coefficient (Wildman–Crippen LogP) is 5.33.